The van der Waals surface area contributed by atoms with Crippen molar-refractivity contribution in [1.82, 2.24) is 0 Å². The third-order valence-corrected chi connectivity index (χ3v) is 12.2. The number of hydrogen-bond donors (Lipinski definition) is 0. The first-order chi connectivity index (χ1) is 35.0. The van der Waals surface area contributed by atoms with E-state index in [4.69, 9.17) is 14.2 Å². The third-order valence-electron chi connectivity index (χ3n) is 12.2. The first-order valence-corrected chi connectivity index (χ1v) is 29.4. The average Bonchev–Trinajstić information content (AvgIpc) is 3.37. The van der Waals surface area contributed by atoms with E-state index < -0.39 is 6.10 Å². The normalized spacial score (nSPS) is 12.9. The van der Waals surface area contributed by atoms with Crippen LogP contribution in [0.4, 0.5) is 0 Å². The van der Waals surface area contributed by atoms with Crippen molar-refractivity contribution in [3.63, 3.8) is 0 Å². The molecule has 0 aromatic rings. The van der Waals surface area contributed by atoms with Gasteiger partial charge < -0.3 is 14.2 Å². The van der Waals surface area contributed by atoms with E-state index in [0.29, 0.717) is 19.3 Å². The topological polar surface area (TPSA) is 78.9 Å². The molecule has 0 rings (SSSR count). The molecule has 0 bridgehead atoms. The van der Waals surface area contributed by atoms with Gasteiger partial charge in [-0.3, -0.25) is 14.4 Å². The molecule has 404 valence electrons. The van der Waals surface area contributed by atoms with Crippen LogP contribution in [0.25, 0.3) is 0 Å². The Morgan fingerprint density at radius 3 is 0.901 bits per heavy atom. The Kier molecular flexibility index (Phi) is 55.4. The molecule has 6 heteroatoms. The third kappa shape index (κ3) is 56.9. The minimum Gasteiger partial charge on any atom is -0.462 e. The van der Waals surface area contributed by atoms with E-state index in [1.807, 2.05) is 0 Å². The van der Waals surface area contributed by atoms with Gasteiger partial charge in [0, 0.05) is 19.3 Å². The van der Waals surface area contributed by atoms with Crippen LogP contribution in [-0.4, -0.2) is 37.2 Å². The molecule has 0 aliphatic rings. The molecule has 0 fully saturated rings. The first kappa shape index (κ1) is 67.1. The zero-order chi connectivity index (χ0) is 51.4. The summed E-state index contributed by atoms with van der Waals surface area (Å²) < 4.78 is 16.8. The zero-order valence-electron chi connectivity index (χ0n) is 46.2. The van der Waals surface area contributed by atoms with Crippen LogP contribution in [0.3, 0.4) is 0 Å². The van der Waals surface area contributed by atoms with Gasteiger partial charge >= 0.3 is 17.9 Å². The largest absolute Gasteiger partial charge is 0.462 e. The van der Waals surface area contributed by atoms with Gasteiger partial charge in [-0.1, -0.05) is 226 Å². The number of rotatable bonds is 52. The van der Waals surface area contributed by atoms with Crippen LogP contribution in [0, 0.1) is 0 Å². The fraction of sp³-hybridized carbons (Fsp3) is 0.677. The summed E-state index contributed by atoms with van der Waals surface area (Å²) in [6, 6.07) is 0. The Bertz CT molecular complexity index is 1460. The monoisotopic (exact) mass is 985 g/mol. The molecule has 71 heavy (non-hydrogen) atoms. The van der Waals surface area contributed by atoms with Gasteiger partial charge in [0.1, 0.15) is 13.2 Å². The molecular weight excluding hydrogens is 877 g/mol. The molecule has 0 N–H and O–H groups in total. The van der Waals surface area contributed by atoms with Crippen molar-refractivity contribution >= 4 is 17.9 Å². The summed E-state index contributed by atoms with van der Waals surface area (Å²) in [5.41, 5.74) is 0. The van der Waals surface area contributed by atoms with Gasteiger partial charge in [-0.2, -0.15) is 0 Å². The highest BCUT2D eigenvalue weighted by molar-refractivity contribution is 5.71. The molecule has 0 aliphatic heterocycles. The summed E-state index contributed by atoms with van der Waals surface area (Å²) in [4.78, 5) is 38.2. The Hall–Kier alpha value is -3.93. The van der Waals surface area contributed by atoms with Crippen molar-refractivity contribution in [2.45, 2.75) is 271 Å². The van der Waals surface area contributed by atoms with Crippen molar-refractivity contribution in [3.8, 4) is 0 Å². The van der Waals surface area contributed by atoms with Gasteiger partial charge in [-0.25, -0.2) is 0 Å². The molecule has 6 nitrogen and oxygen atoms in total. The quantitative estimate of drug-likeness (QED) is 0.0261. The number of hydrogen-bond acceptors (Lipinski definition) is 6. The number of esters is 3. The van der Waals surface area contributed by atoms with Gasteiger partial charge in [0.15, 0.2) is 6.10 Å². The van der Waals surface area contributed by atoms with E-state index in [2.05, 4.69) is 130 Å². The maximum absolute atomic E-state index is 12.9. The maximum atomic E-state index is 12.9. The van der Waals surface area contributed by atoms with Crippen molar-refractivity contribution < 1.29 is 28.6 Å². The lowest BCUT2D eigenvalue weighted by Crippen LogP contribution is -2.30. The molecular formula is C65H108O6. The van der Waals surface area contributed by atoms with Crippen LogP contribution < -0.4 is 0 Å². The summed E-state index contributed by atoms with van der Waals surface area (Å²) in [5, 5.41) is 0. The minimum absolute atomic E-state index is 0.101. The smallest absolute Gasteiger partial charge is 0.306 e. The Labute approximate surface area is 438 Å². The lowest BCUT2D eigenvalue weighted by Gasteiger charge is -2.18. The predicted octanol–water partition coefficient (Wildman–Crippen LogP) is 19.9. The molecule has 0 saturated carbocycles. The Morgan fingerprint density at radius 2 is 0.549 bits per heavy atom. The number of carbonyl (C=O) groups excluding carboxylic acids is 3. The highest BCUT2D eigenvalue weighted by Crippen LogP contribution is 2.14. The Morgan fingerprint density at radius 1 is 0.296 bits per heavy atom. The molecule has 1 unspecified atom stereocenters. The van der Waals surface area contributed by atoms with E-state index in [1.54, 1.807) is 0 Å². The Balaban J connectivity index is 4.45. The van der Waals surface area contributed by atoms with Gasteiger partial charge in [-0.05, 0) is 128 Å². The van der Waals surface area contributed by atoms with Crippen LogP contribution in [-0.2, 0) is 28.6 Å². The van der Waals surface area contributed by atoms with Crippen LogP contribution >= 0.6 is 0 Å². The van der Waals surface area contributed by atoms with Crippen molar-refractivity contribution in [1.29, 1.82) is 0 Å². The van der Waals surface area contributed by atoms with Crippen LogP contribution in [0.1, 0.15) is 265 Å². The van der Waals surface area contributed by atoms with E-state index in [9.17, 15) is 14.4 Å². The highest BCUT2D eigenvalue weighted by Gasteiger charge is 2.19. The van der Waals surface area contributed by atoms with E-state index in [-0.39, 0.29) is 31.1 Å². The fourth-order valence-corrected chi connectivity index (χ4v) is 7.82. The second-order valence-electron chi connectivity index (χ2n) is 19.2. The van der Waals surface area contributed by atoms with E-state index in [1.165, 1.54) is 89.9 Å². The van der Waals surface area contributed by atoms with Crippen molar-refractivity contribution in [2.75, 3.05) is 13.2 Å². The van der Waals surface area contributed by atoms with E-state index >= 15 is 0 Å². The summed E-state index contributed by atoms with van der Waals surface area (Å²) in [7, 11) is 0. The molecule has 1 atom stereocenters. The summed E-state index contributed by atoms with van der Waals surface area (Å²) in [5.74, 6) is -0.955. The highest BCUT2D eigenvalue weighted by atomic mass is 16.6. The van der Waals surface area contributed by atoms with Crippen molar-refractivity contribution in [2.24, 2.45) is 0 Å². The summed E-state index contributed by atoms with van der Waals surface area (Å²) in [6.07, 6.45) is 79.3. The first-order valence-electron chi connectivity index (χ1n) is 29.4. The molecule has 0 radical (unpaired) electrons. The number of ether oxygens (including phenoxy) is 3. The van der Waals surface area contributed by atoms with Gasteiger partial charge in [0.2, 0.25) is 0 Å². The van der Waals surface area contributed by atoms with Gasteiger partial charge in [0.25, 0.3) is 0 Å². The molecule has 0 aromatic heterocycles. The van der Waals surface area contributed by atoms with E-state index in [0.717, 1.165) is 135 Å². The lowest BCUT2D eigenvalue weighted by atomic mass is 10.1. The maximum Gasteiger partial charge on any atom is 0.306 e. The van der Waals surface area contributed by atoms with Crippen LogP contribution in [0.15, 0.2) is 109 Å². The fourth-order valence-electron chi connectivity index (χ4n) is 7.82. The van der Waals surface area contributed by atoms with Crippen LogP contribution in [0.5, 0.6) is 0 Å². The predicted molar refractivity (Wildman–Crippen MR) is 307 cm³/mol. The molecule has 0 spiro atoms. The summed E-state index contributed by atoms with van der Waals surface area (Å²) >= 11 is 0. The molecule has 0 aliphatic carbocycles. The second kappa shape index (κ2) is 58.6. The number of unbranched alkanes of at least 4 members (excludes halogenated alkanes) is 23. The van der Waals surface area contributed by atoms with Gasteiger partial charge in [0.05, 0.1) is 0 Å². The number of allylic oxidation sites excluding steroid dienone is 18. The molecule has 0 aromatic carbocycles. The lowest BCUT2D eigenvalue weighted by molar-refractivity contribution is -0.167. The minimum atomic E-state index is -0.806. The molecule has 0 amide bonds. The SMILES string of the molecule is CC/C=C\C/C=C\C/C=C\CCCCCC(=O)OCC(COC(=O)CCCCCCCC/C=C\C/C=C\C/C=C\CCCCCCC)OC(=O)CCCCCCCC/C=C\C/C=C\C/C=C\CCCCC. The standard InChI is InChI=1S/C65H108O6/c1-4-7-10-13-16-19-22-25-27-29-31-32-34-35-37-40-43-46-49-52-55-58-64(67)70-61-62(60-69-63(66)57-54-51-48-45-42-39-24-21-18-15-12-9-6-3)71-65(68)59-56-53-50-47-44-41-38-36-33-30-28-26-23-20-17-14-11-8-5-2/h9,12,17-18,20-22,25-26,28-29,31,33-36,39,42,62H,4-8,10-11,13-16,19,23-24,27,30,32,37-38,40-41,43-61H2,1-3H3/b12-9-,20-17-,21-18-,25-22-,28-26-,31-29-,35-34-,36-33-,42-39-. The molecule has 0 saturated heterocycles. The summed E-state index contributed by atoms with van der Waals surface area (Å²) in [6.45, 7) is 6.44. The number of carbonyl (C=O) groups is 3. The zero-order valence-corrected chi connectivity index (χ0v) is 46.2. The van der Waals surface area contributed by atoms with Crippen molar-refractivity contribution in [3.05, 3.63) is 109 Å². The van der Waals surface area contributed by atoms with Crippen LogP contribution in [0.2, 0.25) is 0 Å². The van der Waals surface area contributed by atoms with Gasteiger partial charge in [-0.15, -0.1) is 0 Å². The average molecular weight is 986 g/mol. The second-order valence-corrected chi connectivity index (χ2v) is 19.2. The molecule has 0 heterocycles.